The molecule has 8 heteroatoms. The average molecular weight is 525 g/mol. The minimum absolute atomic E-state index is 0.0504. The molecule has 4 rings (SSSR count). The van der Waals surface area contributed by atoms with Gasteiger partial charge in [0.2, 0.25) is 11.8 Å². The zero-order valence-electron chi connectivity index (χ0n) is 23.2. The molecular formula is C30H44N4O4. The summed E-state index contributed by atoms with van der Waals surface area (Å²) in [6.45, 7) is 9.64. The van der Waals surface area contributed by atoms with Gasteiger partial charge in [-0.3, -0.25) is 19.3 Å². The standard InChI is InChI=1S/C30H44N4O4/c1-22(2)25-21-38-26-12-5-4-11-24(26)28(36)31-16-8-7-13-30(29(37)32-25)14-18-33(19-15-30)20-27(35)34-17-9-6-10-23(34)3/h4-5,7-8,11-12,22-23,25H,6,9-10,13-21H2,1-3H3,(H,31,36)(H,32,37)/b8-7+/t23?,25-/m0/s1. The van der Waals surface area contributed by atoms with Crippen molar-refractivity contribution >= 4 is 17.7 Å². The lowest BCUT2D eigenvalue weighted by Crippen LogP contribution is -2.54. The molecule has 38 heavy (non-hydrogen) atoms. The molecule has 8 nitrogen and oxygen atoms in total. The second kappa shape index (κ2) is 12.8. The molecule has 3 aliphatic rings. The van der Waals surface area contributed by atoms with Crippen molar-refractivity contribution in [1.82, 2.24) is 20.4 Å². The average Bonchev–Trinajstić information content (AvgIpc) is 2.91. The second-order valence-electron chi connectivity index (χ2n) is 11.5. The number of para-hydroxylation sites is 1. The van der Waals surface area contributed by atoms with E-state index in [-0.39, 0.29) is 36.3 Å². The van der Waals surface area contributed by atoms with Crippen LogP contribution in [0.4, 0.5) is 0 Å². The number of rotatable bonds is 3. The summed E-state index contributed by atoms with van der Waals surface area (Å²) in [4.78, 5) is 43.8. The highest BCUT2D eigenvalue weighted by Crippen LogP contribution is 2.36. The van der Waals surface area contributed by atoms with Gasteiger partial charge in [0.25, 0.3) is 5.91 Å². The van der Waals surface area contributed by atoms with E-state index in [9.17, 15) is 14.4 Å². The summed E-state index contributed by atoms with van der Waals surface area (Å²) in [5.41, 5.74) is -0.0580. The van der Waals surface area contributed by atoms with E-state index in [2.05, 4.69) is 36.3 Å². The van der Waals surface area contributed by atoms with E-state index in [0.717, 1.165) is 19.4 Å². The van der Waals surface area contributed by atoms with Gasteiger partial charge in [-0.2, -0.15) is 0 Å². The van der Waals surface area contributed by atoms with Crippen molar-refractivity contribution < 1.29 is 19.1 Å². The zero-order valence-corrected chi connectivity index (χ0v) is 23.2. The summed E-state index contributed by atoms with van der Waals surface area (Å²) < 4.78 is 6.08. The number of ether oxygens (including phenoxy) is 1. The van der Waals surface area contributed by atoms with E-state index in [4.69, 9.17) is 4.74 Å². The van der Waals surface area contributed by atoms with E-state index in [1.165, 1.54) is 6.42 Å². The van der Waals surface area contributed by atoms with Crippen molar-refractivity contribution in [2.45, 2.75) is 71.4 Å². The molecule has 3 amide bonds. The number of nitrogens with one attached hydrogen (secondary N) is 2. The molecule has 0 aromatic heterocycles. The highest BCUT2D eigenvalue weighted by molar-refractivity contribution is 5.97. The van der Waals surface area contributed by atoms with Crippen LogP contribution in [0.1, 0.15) is 69.7 Å². The number of carbonyl (C=O) groups is 3. The number of piperidine rings is 2. The van der Waals surface area contributed by atoms with Gasteiger partial charge in [-0.05, 0) is 76.6 Å². The lowest BCUT2D eigenvalue weighted by molar-refractivity contribution is -0.138. The van der Waals surface area contributed by atoms with Gasteiger partial charge < -0.3 is 20.3 Å². The number of allylic oxidation sites excluding steroid dienone is 1. The quantitative estimate of drug-likeness (QED) is 0.592. The minimum atomic E-state index is -0.548. The molecule has 0 saturated carbocycles. The Labute approximate surface area is 227 Å². The molecule has 2 saturated heterocycles. The Kier molecular flexibility index (Phi) is 9.47. The van der Waals surface area contributed by atoms with Crippen LogP contribution in [0.2, 0.25) is 0 Å². The topological polar surface area (TPSA) is 91.0 Å². The van der Waals surface area contributed by atoms with Crippen LogP contribution >= 0.6 is 0 Å². The number of benzene rings is 1. The molecule has 2 fully saturated rings. The van der Waals surface area contributed by atoms with Crippen LogP contribution in [0.5, 0.6) is 5.75 Å². The molecule has 1 aromatic rings. The molecule has 3 aliphatic heterocycles. The SMILES string of the molecule is CC(C)[C@@H]1COc2ccccc2C(=O)NC/C=C/CC2(CCN(CC(=O)N3CCCCC3C)CC2)C(=O)N1. The second-order valence-corrected chi connectivity index (χ2v) is 11.5. The fourth-order valence-electron chi connectivity index (χ4n) is 5.73. The molecule has 1 unspecified atom stereocenters. The van der Waals surface area contributed by atoms with Crippen molar-refractivity contribution in [1.29, 1.82) is 0 Å². The molecule has 0 bridgehead atoms. The zero-order chi connectivity index (χ0) is 27.1. The summed E-state index contributed by atoms with van der Waals surface area (Å²) in [6.07, 6.45) is 9.27. The van der Waals surface area contributed by atoms with E-state index < -0.39 is 5.41 Å². The van der Waals surface area contributed by atoms with Gasteiger partial charge >= 0.3 is 0 Å². The highest BCUT2D eigenvalue weighted by Gasteiger charge is 2.42. The predicted octanol–water partition coefficient (Wildman–Crippen LogP) is 3.38. The number of carbonyl (C=O) groups excluding carboxylic acids is 3. The molecular weight excluding hydrogens is 480 g/mol. The Hall–Kier alpha value is -2.87. The number of hydrogen-bond acceptors (Lipinski definition) is 5. The van der Waals surface area contributed by atoms with Gasteiger partial charge in [-0.1, -0.05) is 38.1 Å². The first-order valence-electron chi connectivity index (χ1n) is 14.3. The van der Waals surface area contributed by atoms with Crippen LogP contribution in [0.25, 0.3) is 0 Å². The third kappa shape index (κ3) is 6.76. The van der Waals surface area contributed by atoms with Gasteiger partial charge in [0.15, 0.2) is 0 Å². The number of likely N-dealkylation sites (tertiary alicyclic amines) is 2. The Morgan fingerprint density at radius 1 is 1.11 bits per heavy atom. The molecule has 2 atom stereocenters. The number of amides is 3. The smallest absolute Gasteiger partial charge is 0.255 e. The summed E-state index contributed by atoms with van der Waals surface area (Å²) >= 11 is 0. The summed E-state index contributed by atoms with van der Waals surface area (Å²) in [5.74, 6) is 0.750. The number of fused-ring (bicyclic) bond motifs is 1. The molecule has 1 aromatic carbocycles. The van der Waals surface area contributed by atoms with Gasteiger partial charge in [0.1, 0.15) is 12.4 Å². The minimum Gasteiger partial charge on any atom is -0.491 e. The summed E-state index contributed by atoms with van der Waals surface area (Å²) in [5, 5.41) is 6.23. The Balaban J connectivity index is 1.46. The third-order valence-corrected chi connectivity index (χ3v) is 8.50. The van der Waals surface area contributed by atoms with E-state index in [1.54, 1.807) is 12.1 Å². The number of hydrogen-bond donors (Lipinski definition) is 2. The first-order chi connectivity index (χ1) is 18.3. The van der Waals surface area contributed by atoms with Crippen LogP contribution in [-0.4, -0.2) is 78.9 Å². The summed E-state index contributed by atoms with van der Waals surface area (Å²) in [7, 11) is 0. The van der Waals surface area contributed by atoms with E-state index >= 15 is 0 Å². The fraction of sp³-hybridized carbons (Fsp3) is 0.633. The first-order valence-corrected chi connectivity index (χ1v) is 14.3. The predicted molar refractivity (Wildman–Crippen MR) is 148 cm³/mol. The summed E-state index contributed by atoms with van der Waals surface area (Å²) in [6, 6.07) is 7.33. The van der Waals surface area contributed by atoms with Crippen molar-refractivity contribution in [3.8, 4) is 5.75 Å². The molecule has 2 N–H and O–H groups in total. The maximum atomic E-state index is 13.8. The molecule has 0 radical (unpaired) electrons. The normalized spacial score (nSPS) is 26.1. The first kappa shape index (κ1) is 28.1. The van der Waals surface area contributed by atoms with Crippen LogP contribution in [0.3, 0.4) is 0 Å². The number of nitrogens with zero attached hydrogens (tertiary/aromatic N) is 2. The lowest BCUT2D eigenvalue weighted by Gasteiger charge is -2.42. The maximum absolute atomic E-state index is 13.8. The van der Waals surface area contributed by atoms with Crippen molar-refractivity contribution in [3.05, 3.63) is 42.0 Å². The van der Waals surface area contributed by atoms with Crippen molar-refractivity contribution in [3.63, 3.8) is 0 Å². The Bertz CT molecular complexity index is 1020. The van der Waals surface area contributed by atoms with Crippen LogP contribution in [0, 0.1) is 11.3 Å². The molecule has 208 valence electrons. The van der Waals surface area contributed by atoms with E-state index in [0.29, 0.717) is 62.8 Å². The van der Waals surface area contributed by atoms with Gasteiger partial charge in [0.05, 0.1) is 23.6 Å². The molecule has 3 heterocycles. The van der Waals surface area contributed by atoms with Gasteiger partial charge in [0, 0.05) is 19.1 Å². The highest BCUT2D eigenvalue weighted by atomic mass is 16.5. The fourth-order valence-corrected chi connectivity index (χ4v) is 5.73. The molecule has 1 spiro atoms. The van der Waals surface area contributed by atoms with Crippen molar-refractivity contribution in [2.75, 3.05) is 39.3 Å². The van der Waals surface area contributed by atoms with Crippen molar-refractivity contribution in [2.24, 2.45) is 11.3 Å². The maximum Gasteiger partial charge on any atom is 0.255 e. The van der Waals surface area contributed by atoms with Gasteiger partial charge in [-0.25, -0.2) is 0 Å². The van der Waals surface area contributed by atoms with Crippen LogP contribution in [-0.2, 0) is 9.59 Å². The monoisotopic (exact) mass is 524 g/mol. The van der Waals surface area contributed by atoms with Gasteiger partial charge in [-0.15, -0.1) is 0 Å². The largest absolute Gasteiger partial charge is 0.491 e. The molecule has 0 aliphatic carbocycles. The van der Waals surface area contributed by atoms with E-state index in [1.807, 2.05) is 29.2 Å². The lowest BCUT2D eigenvalue weighted by atomic mass is 9.74. The third-order valence-electron chi connectivity index (χ3n) is 8.50. The van der Waals surface area contributed by atoms with Crippen LogP contribution in [0.15, 0.2) is 36.4 Å². The Morgan fingerprint density at radius 3 is 2.61 bits per heavy atom. The Morgan fingerprint density at radius 2 is 1.87 bits per heavy atom. The van der Waals surface area contributed by atoms with Crippen LogP contribution < -0.4 is 15.4 Å².